The van der Waals surface area contributed by atoms with Crippen molar-refractivity contribution in [3.05, 3.63) is 30.1 Å². The van der Waals surface area contributed by atoms with Crippen molar-refractivity contribution >= 4 is 22.9 Å². The molecule has 3 rings (SSSR count). The molecule has 1 amide bonds. The van der Waals surface area contributed by atoms with E-state index in [0.717, 1.165) is 4.57 Å². The summed E-state index contributed by atoms with van der Waals surface area (Å²) >= 11 is 0. The highest BCUT2D eigenvalue weighted by molar-refractivity contribution is 5.81. The van der Waals surface area contributed by atoms with Gasteiger partial charge in [0.15, 0.2) is 0 Å². The van der Waals surface area contributed by atoms with E-state index in [1.807, 2.05) is 0 Å². The first kappa shape index (κ1) is 18.2. The van der Waals surface area contributed by atoms with Crippen LogP contribution in [0.3, 0.4) is 0 Å². The lowest BCUT2D eigenvalue weighted by Gasteiger charge is -2.31. The van der Waals surface area contributed by atoms with E-state index in [0.29, 0.717) is 25.9 Å². The molecule has 1 aliphatic heterocycles. The summed E-state index contributed by atoms with van der Waals surface area (Å²) in [4.78, 5) is 28.4. The van der Waals surface area contributed by atoms with Gasteiger partial charge in [-0.2, -0.15) is 13.2 Å². The number of carboxylic acids is 1. The third-order valence-corrected chi connectivity index (χ3v) is 4.63. The van der Waals surface area contributed by atoms with Gasteiger partial charge in [0.2, 0.25) is 11.7 Å². The van der Waals surface area contributed by atoms with Gasteiger partial charge in [0.25, 0.3) is 0 Å². The molecule has 9 heteroatoms. The van der Waals surface area contributed by atoms with E-state index >= 15 is 0 Å². The van der Waals surface area contributed by atoms with Gasteiger partial charge in [-0.1, -0.05) is 12.1 Å². The maximum Gasteiger partial charge on any atom is 0.449 e. The predicted molar refractivity (Wildman–Crippen MR) is 86.3 cm³/mol. The molecule has 1 aliphatic rings. The zero-order valence-electron chi connectivity index (χ0n) is 13.9. The van der Waals surface area contributed by atoms with Gasteiger partial charge in [0.1, 0.15) is 6.54 Å². The van der Waals surface area contributed by atoms with Gasteiger partial charge in [-0.15, -0.1) is 0 Å². The molecule has 1 fully saturated rings. The van der Waals surface area contributed by atoms with Crippen molar-refractivity contribution in [1.82, 2.24) is 14.5 Å². The van der Waals surface area contributed by atoms with Crippen LogP contribution >= 0.6 is 0 Å². The molecule has 6 nitrogen and oxygen atoms in total. The number of likely N-dealkylation sites (tertiary alicyclic amines) is 1. The average molecular weight is 369 g/mol. The van der Waals surface area contributed by atoms with Gasteiger partial charge in [0, 0.05) is 19.5 Å². The number of rotatable bonds is 4. The fraction of sp³-hybridized carbons (Fsp3) is 0.471. The Labute approximate surface area is 147 Å². The third kappa shape index (κ3) is 3.81. The lowest BCUT2D eigenvalue weighted by Crippen LogP contribution is -2.41. The molecule has 0 spiro atoms. The number of hydrogen-bond donors (Lipinski definition) is 1. The number of piperidine rings is 1. The molecule has 0 bridgehead atoms. The normalized spacial score (nSPS) is 16.2. The Morgan fingerprint density at radius 1 is 1.19 bits per heavy atom. The predicted octanol–water partition coefficient (Wildman–Crippen LogP) is 2.77. The molecular formula is C17H18F3N3O3. The number of carbonyl (C=O) groups is 2. The van der Waals surface area contributed by atoms with Crippen LogP contribution in [0.15, 0.2) is 24.3 Å². The first-order chi connectivity index (χ1) is 12.3. The standard InChI is InChI=1S/C17H18F3N3O3/c18-17(19,20)16-21-12-3-1-2-4-13(12)23(16)10-14(24)22-7-5-11(6-8-22)9-15(25)26/h1-4,11H,5-10H2,(H,25,26). The zero-order chi connectivity index (χ0) is 18.9. The van der Waals surface area contributed by atoms with Crippen LogP contribution < -0.4 is 0 Å². The molecule has 1 aromatic heterocycles. The molecule has 2 heterocycles. The van der Waals surface area contributed by atoms with Crippen LogP contribution in [0.5, 0.6) is 0 Å². The van der Waals surface area contributed by atoms with Gasteiger partial charge in [-0.25, -0.2) is 4.98 Å². The van der Waals surface area contributed by atoms with E-state index in [9.17, 15) is 22.8 Å². The SMILES string of the molecule is O=C(O)CC1CCN(C(=O)Cn2c(C(F)(F)F)nc3ccccc32)CC1. The van der Waals surface area contributed by atoms with Gasteiger partial charge in [-0.05, 0) is 30.9 Å². The Morgan fingerprint density at radius 2 is 1.85 bits per heavy atom. The summed E-state index contributed by atoms with van der Waals surface area (Å²) in [6, 6.07) is 6.17. The van der Waals surface area contributed by atoms with Crippen LogP contribution in [-0.4, -0.2) is 44.5 Å². The Hall–Kier alpha value is -2.58. The number of carbonyl (C=O) groups excluding carboxylic acids is 1. The summed E-state index contributed by atoms with van der Waals surface area (Å²) in [5.74, 6) is -2.40. The van der Waals surface area contributed by atoms with Crippen LogP contribution in [0.4, 0.5) is 13.2 Å². The zero-order valence-corrected chi connectivity index (χ0v) is 13.9. The molecule has 0 radical (unpaired) electrons. The molecule has 1 saturated heterocycles. The number of hydrogen-bond acceptors (Lipinski definition) is 3. The second kappa shape index (κ2) is 6.97. The number of para-hydroxylation sites is 2. The molecule has 0 aliphatic carbocycles. The van der Waals surface area contributed by atoms with Gasteiger partial charge < -0.3 is 14.6 Å². The number of benzene rings is 1. The molecule has 1 N–H and O–H groups in total. The summed E-state index contributed by atoms with van der Waals surface area (Å²) in [5.41, 5.74) is 0.446. The first-order valence-corrected chi connectivity index (χ1v) is 8.27. The van der Waals surface area contributed by atoms with Crippen molar-refractivity contribution in [2.45, 2.75) is 32.0 Å². The second-order valence-corrected chi connectivity index (χ2v) is 6.43. The molecule has 0 unspecified atom stereocenters. The number of aromatic nitrogens is 2. The average Bonchev–Trinajstić information content (AvgIpc) is 2.94. The maximum absolute atomic E-state index is 13.3. The smallest absolute Gasteiger partial charge is 0.449 e. The van der Waals surface area contributed by atoms with Crippen molar-refractivity contribution in [1.29, 1.82) is 0 Å². The van der Waals surface area contributed by atoms with E-state index in [1.54, 1.807) is 12.1 Å². The number of alkyl halides is 3. The van der Waals surface area contributed by atoms with E-state index in [-0.39, 0.29) is 23.4 Å². The second-order valence-electron chi connectivity index (χ2n) is 6.43. The van der Waals surface area contributed by atoms with Crippen molar-refractivity contribution < 1.29 is 27.9 Å². The molecular weight excluding hydrogens is 351 g/mol. The number of nitrogens with zero attached hydrogens (tertiary/aromatic N) is 3. The Bertz CT molecular complexity index is 824. The van der Waals surface area contributed by atoms with E-state index in [1.165, 1.54) is 17.0 Å². The van der Waals surface area contributed by atoms with Crippen molar-refractivity contribution in [3.8, 4) is 0 Å². The Kier molecular flexibility index (Phi) is 4.88. The molecule has 0 atom stereocenters. The number of aliphatic carboxylic acids is 1. The third-order valence-electron chi connectivity index (χ3n) is 4.63. The number of imidazole rings is 1. The highest BCUT2D eigenvalue weighted by Gasteiger charge is 2.38. The lowest BCUT2D eigenvalue weighted by atomic mass is 9.93. The first-order valence-electron chi connectivity index (χ1n) is 8.27. The molecule has 140 valence electrons. The largest absolute Gasteiger partial charge is 0.481 e. The molecule has 26 heavy (non-hydrogen) atoms. The van der Waals surface area contributed by atoms with E-state index in [2.05, 4.69) is 4.98 Å². The topological polar surface area (TPSA) is 75.4 Å². The number of amides is 1. The maximum atomic E-state index is 13.3. The highest BCUT2D eigenvalue weighted by atomic mass is 19.4. The Morgan fingerprint density at radius 3 is 2.46 bits per heavy atom. The van der Waals surface area contributed by atoms with Crippen molar-refractivity contribution in [2.24, 2.45) is 5.92 Å². The summed E-state index contributed by atoms with van der Waals surface area (Å²) in [5, 5.41) is 8.82. The number of fused-ring (bicyclic) bond motifs is 1. The van der Waals surface area contributed by atoms with Crippen molar-refractivity contribution in [3.63, 3.8) is 0 Å². The van der Waals surface area contributed by atoms with Gasteiger partial charge in [0.05, 0.1) is 11.0 Å². The molecule has 1 aromatic carbocycles. The fourth-order valence-corrected chi connectivity index (χ4v) is 3.32. The van der Waals surface area contributed by atoms with Crippen LogP contribution in [-0.2, 0) is 22.3 Å². The number of carboxylic acid groups (broad SMARTS) is 1. The quantitative estimate of drug-likeness (QED) is 0.899. The van der Waals surface area contributed by atoms with Gasteiger partial charge in [-0.3, -0.25) is 9.59 Å². The van der Waals surface area contributed by atoms with Crippen LogP contribution in [0.1, 0.15) is 25.1 Å². The molecule has 2 aromatic rings. The summed E-state index contributed by atoms with van der Waals surface area (Å²) in [7, 11) is 0. The van der Waals surface area contributed by atoms with Gasteiger partial charge >= 0.3 is 12.1 Å². The minimum Gasteiger partial charge on any atom is -0.481 e. The van der Waals surface area contributed by atoms with E-state index in [4.69, 9.17) is 5.11 Å². The van der Waals surface area contributed by atoms with Crippen molar-refractivity contribution in [2.75, 3.05) is 13.1 Å². The molecule has 0 saturated carbocycles. The van der Waals surface area contributed by atoms with Crippen LogP contribution in [0, 0.1) is 5.92 Å². The lowest BCUT2D eigenvalue weighted by molar-refractivity contribution is -0.148. The monoisotopic (exact) mass is 369 g/mol. The fourth-order valence-electron chi connectivity index (χ4n) is 3.32. The number of halogens is 3. The van der Waals surface area contributed by atoms with E-state index < -0.39 is 30.4 Å². The summed E-state index contributed by atoms with van der Waals surface area (Å²) < 4.78 is 40.8. The highest BCUT2D eigenvalue weighted by Crippen LogP contribution is 2.31. The minimum absolute atomic E-state index is 0.00337. The minimum atomic E-state index is -4.66. The van der Waals surface area contributed by atoms with Crippen LogP contribution in [0.25, 0.3) is 11.0 Å². The summed E-state index contributed by atoms with van der Waals surface area (Å²) in [6.07, 6.45) is -3.54. The Balaban J connectivity index is 1.77. The summed E-state index contributed by atoms with van der Waals surface area (Å²) in [6.45, 7) is 0.258. The van der Waals surface area contributed by atoms with Crippen LogP contribution in [0.2, 0.25) is 0 Å².